The van der Waals surface area contributed by atoms with Crippen LogP contribution in [0.5, 0.6) is 0 Å². The topological polar surface area (TPSA) is 64.0 Å². The highest BCUT2D eigenvalue weighted by molar-refractivity contribution is 7.89. The molecule has 5 nitrogen and oxygen atoms in total. The van der Waals surface area contributed by atoms with Crippen LogP contribution >= 0.6 is 34.8 Å². The maximum atomic E-state index is 12.6. The van der Waals surface area contributed by atoms with Crippen LogP contribution in [-0.4, -0.2) is 18.2 Å². The van der Waals surface area contributed by atoms with Crippen molar-refractivity contribution in [3.63, 3.8) is 0 Å². The van der Waals surface area contributed by atoms with Crippen molar-refractivity contribution in [1.82, 2.24) is 14.5 Å². The van der Waals surface area contributed by atoms with Gasteiger partial charge in [0.15, 0.2) is 0 Å². The van der Waals surface area contributed by atoms with Gasteiger partial charge in [0.2, 0.25) is 10.0 Å². The van der Waals surface area contributed by atoms with Crippen LogP contribution < -0.4 is 4.72 Å². The molecule has 1 heterocycles. The Morgan fingerprint density at radius 1 is 1.22 bits per heavy atom. The summed E-state index contributed by atoms with van der Waals surface area (Å²) in [6, 6.07) is 2.08. The first-order chi connectivity index (χ1) is 10.7. The van der Waals surface area contributed by atoms with E-state index in [-0.39, 0.29) is 20.0 Å². The molecule has 0 saturated heterocycles. The number of aryl methyl sites for hydroxylation is 2. The third-order valence-corrected chi connectivity index (χ3v) is 6.10. The van der Waals surface area contributed by atoms with Gasteiger partial charge in [-0.2, -0.15) is 5.10 Å². The molecule has 0 amide bonds. The van der Waals surface area contributed by atoms with Gasteiger partial charge in [-0.3, -0.25) is 4.68 Å². The van der Waals surface area contributed by atoms with E-state index in [1.807, 2.05) is 20.0 Å². The lowest BCUT2D eigenvalue weighted by Crippen LogP contribution is -2.27. The molecule has 9 heteroatoms. The van der Waals surface area contributed by atoms with Crippen molar-refractivity contribution in [3.05, 3.63) is 44.7 Å². The van der Waals surface area contributed by atoms with Gasteiger partial charge in [0.05, 0.1) is 20.8 Å². The van der Waals surface area contributed by atoms with Gasteiger partial charge in [0.1, 0.15) is 4.90 Å². The number of aromatic nitrogens is 2. The van der Waals surface area contributed by atoms with E-state index in [1.165, 1.54) is 12.1 Å². The number of sulfonamides is 1. The zero-order valence-electron chi connectivity index (χ0n) is 12.8. The molecule has 0 radical (unpaired) electrons. The SMILES string of the molecule is CCn1cc(C(C)NS(=O)(=O)c2cc(Cl)c(Cl)cc2Cl)c(C)n1. The molecule has 0 aliphatic heterocycles. The van der Waals surface area contributed by atoms with Crippen LogP contribution in [0.2, 0.25) is 15.1 Å². The molecule has 0 spiro atoms. The van der Waals surface area contributed by atoms with Crippen LogP contribution in [0.3, 0.4) is 0 Å². The van der Waals surface area contributed by atoms with E-state index in [4.69, 9.17) is 34.8 Å². The van der Waals surface area contributed by atoms with Gasteiger partial charge in [0.25, 0.3) is 0 Å². The number of hydrogen-bond donors (Lipinski definition) is 1. The maximum Gasteiger partial charge on any atom is 0.242 e. The summed E-state index contributed by atoms with van der Waals surface area (Å²) in [5.74, 6) is 0. The average Bonchev–Trinajstić information content (AvgIpc) is 2.83. The number of nitrogens with one attached hydrogen (secondary N) is 1. The second kappa shape index (κ2) is 6.99. The van der Waals surface area contributed by atoms with Crippen LogP contribution in [-0.2, 0) is 16.6 Å². The molecule has 0 saturated carbocycles. The molecule has 1 N–H and O–H groups in total. The molecule has 0 aliphatic rings. The highest BCUT2D eigenvalue weighted by atomic mass is 35.5. The Bertz CT molecular complexity index is 834. The van der Waals surface area contributed by atoms with E-state index in [0.29, 0.717) is 6.54 Å². The zero-order chi connectivity index (χ0) is 17.4. The van der Waals surface area contributed by atoms with E-state index in [1.54, 1.807) is 11.6 Å². The van der Waals surface area contributed by atoms with Crippen LogP contribution in [0, 0.1) is 6.92 Å². The van der Waals surface area contributed by atoms with Crippen LogP contribution in [0.4, 0.5) is 0 Å². The van der Waals surface area contributed by atoms with Crippen LogP contribution in [0.25, 0.3) is 0 Å². The number of nitrogens with zero attached hydrogens (tertiary/aromatic N) is 2. The van der Waals surface area contributed by atoms with Crippen molar-refractivity contribution >= 4 is 44.8 Å². The van der Waals surface area contributed by atoms with Crippen molar-refractivity contribution < 1.29 is 8.42 Å². The highest BCUT2D eigenvalue weighted by Crippen LogP contribution is 2.32. The first-order valence-corrected chi connectivity index (χ1v) is 9.48. The number of benzene rings is 1. The molecule has 23 heavy (non-hydrogen) atoms. The molecule has 126 valence electrons. The minimum Gasteiger partial charge on any atom is -0.272 e. The lowest BCUT2D eigenvalue weighted by Gasteiger charge is -2.15. The molecule has 0 fully saturated rings. The summed E-state index contributed by atoms with van der Waals surface area (Å²) in [6.45, 7) is 6.24. The van der Waals surface area contributed by atoms with Crippen LogP contribution in [0.1, 0.15) is 31.1 Å². The van der Waals surface area contributed by atoms with Crippen molar-refractivity contribution in [3.8, 4) is 0 Å². The lowest BCUT2D eigenvalue weighted by molar-refractivity contribution is 0.566. The monoisotopic (exact) mass is 395 g/mol. The molecular formula is C14H16Cl3N3O2S. The van der Waals surface area contributed by atoms with Gasteiger partial charge in [-0.05, 0) is 32.9 Å². The fraction of sp³-hybridized carbons (Fsp3) is 0.357. The first-order valence-electron chi connectivity index (χ1n) is 6.86. The first kappa shape index (κ1) is 18.5. The molecule has 1 aromatic heterocycles. The lowest BCUT2D eigenvalue weighted by atomic mass is 10.1. The fourth-order valence-electron chi connectivity index (χ4n) is 2.19. The van der Waals surface area contributed by atoms with Gasteiger partial charge in [-0.25, -0.2) is 13.1 Å². The Morgan fingerprint density at radius 2 is 1.83 bits per heavy atom. The third-order valence-electron chi connectivity index (χ3n) is 3.37. The number of halogens is 3. The maximum absolute atomic E-state index is 12.6. The van der Waals surface area contributed by atoms with Gasteiger partial charge >= 0.3 is 0 Å². The zero-order valence-corrected chi connectivity index (χ0v) is 15.9. The Hall–Kier alpha value is -0.790. The quantitative estimate of drug-likeness (QED) is 0.770. The molecule has 2 rings (SSSR count). The number of hydrogen-bond acceptors (Lipinski definition) is 3. The van der Waals surface area contributed by atoms with E-state index in [0.717, 1.165) is 11.3 Å². The molecule has 1 atom stereocenters. The van der Waals surface area contributed by atoms with Crippen LogP contribution in [0.15, 0.2) is 23.2 Å². The van der Waals surface area contributed by atoms with Crippen molar-refractivity contribution in [2.24, 2.45) is 0 Å². The number of rotatable bonds is 5. The smallest absolute Gasteiger partial charge is 0.242 e. The van der Waals surface area contributed by atoms with E-state index in [2.05, 4.69) is 9.82 Å². The molecule has 0 aliphatic carbocycles. The second-order valence-electron chi connectivity index (χ2n) is 5.07. The van der Waals surface area contributed by atoms with Crippen molar-refractivity contribution in [1.29, 1.82) is 0 Å². The Labute approximate surface area is 150 Å². The largest absolute Gasteiger partial charge is 0.272 e. The third kappa shape index (κ3) is 4.00. The Balaban J connectivity index is 2.34. The molecule has 1 unspecified atom stereocenters. The minimum atomic E-state index is -3.85. The Morgan fingerprint density at radius 3 is 2.39 bits per heavy atom. The van der Waals surface area contributed by atoms with Gasteiger partial charge in [0, 0.05) is 24.3 Å². The summed E-state index contributed by atoms with van der Waals surface area (Å²) in [4.78, 5) is -0.110. The van der Waals surface area contributed by atoms with E-state index in [9.17, 15) is 8.42 Å². The predicted molar refractivity (Wildman–Crippen MR) is 92.8 cm³/mol. The predicted octanol–water partition coefficient (Wildman–Crippen LogP) is 4.21. The standard InChI is InChI=1S/C14H16Cl3N3O2S/c1-4-20-7-10(8(2)18-20)9(3)19-23(21,22)14-6-12(16)11(15)5-13(14)17/h5-7,9,19H,4H2,1-3H3. The van der Waals surface area contributed by atoms with Gasteiger partial charge in [-0.15, -0.1) is 0 Å². The minimum absolute atomic E-state index is 0.0140. The summed E-state index contributed by atoms with van der Waals surface area (Å²) in [5, 5.41) is 4.65. The molecule has 1 aromatic carbocycles. The molecular weight excluding hydrogens is 381 g/mol. The van der Waals surface area contributed by atoms with Crippen molar-refractivity contribution in [2.45, 2.75) is 38.3 Å². The fourth-order valence-corrected chi connectivity index (χ4v) is 4.41. The highest BCUT2D eigenvalue weighted by Gasteiger charge is 2.24. The van der Waals surface area contributed by atoms with E-state index < -0.39 is 16.1 Å². The second-order valence-corrected chi connectivity index (χ2v) is 7.97. The molecule has 0 bridgehead atoms. The Kier molecular flexibility index (Phi) is 5.63. The summed E-state index contributed by atoms with van der Waals surface area (Å²) in [6.07, 6.45) is 1.82. The summed E-state index contributed by atoms with van der Waals surface area (Å²) in [7, 11) is -3.85. The summed E-state index contributed by atoms with van der Waals surface area (Å²) >= 11 is 17.7. The van der Waals surface area contributed by atoms with Gasteiger partial charge < -0.3 is 0 Å². The normalized spacial score (nSPS) is 13.3. The summed E-state index contributed by atoms with van der Waals surface area (Å²) in [5.41, 5.74) is 1.56. The van der Waals surface area contributed by atoms with Crippen molar-refractivity contribution in [2.75, 3.05) is 0 Å². The van der Waals surface area contributed by atoms with E-state index >= 15 is 0 Å². The summed E-state index contributed by atoms with van der Waals surface area (Å²) < 4.78 is 29.5. The molecule has 2 aromatic rings. The van der Waals surface area contributed by atoms with Gasteiger partial charge in [-0.1, -0.05) is 34.8 Å². The average molecular weight is 397 g/mol.